The Kier molecular flexibility index (Phi) is 6.13. The van der Waals surface area contributed by atoms with Gasteiger partial charge in [-0.05, 0) is 48.9 Å². The first kappa shape index (κ1) is 20.4. The lowest BCUT2D eigenvalue weighted by atomic mass is 10.2. The summed E-state index contributed by atoms with van der Waals surface area (Å²) in [6, 6.07) is 12.5. The lowest BCUT2D eigenvalue weighted by Crippen LogP contribution is -2.12. The van der Waals surface area contributed by atoms with Crippen LogP contribution >= 0.6 is 11.3 Å². The van der Waals surface area contributed by atoms with E-state index < -0.39 is 0 Å². The number of rotatable bonds is 7. The zero-order valence-electron chi connectivity index (χ0n) is 16.9. The zero-order chi connectivity index (χ0) is 21.6. The molecular formula is C22H19N5O3S. The summed E-state index contributed by atoms with van der Waals surface area (Å²) < 4.78 is 11.2. The predicted molar refractivity (Wildman–Crippen MR) is 117 cm³/mol. The van der Waals surface area contributed by atoms with Crippen molar-refractivity contribution < 1.29 is 14.3 Å². The topological polar surface area (TPSA) is 99.1 Å². The first-order chi connectivity index (χ1) is 15.1. The molecule has 156 valence electrons. The number of anilines is 1. The molecule has 0 saturated heterocycles. The lowest BCUT2D eigenvalue weighted by Gasteiger charge is -2.12. The van der Waals surface area contributed by atoms with Gasteiger partial charge in [-0.2, -0.15) is 0 Å². The van der Waals surface area contributed by atoms with Gasteiger partial charge in [0.15, 0.2) is 11.5 Å². The van der Waals surface area contributed by atoms with E-state index in [1.54, 1.807) is 36.8 Å². The number of ether oxygens (including phenoxy) is 2. The van der Waals surface area contributed by atoms with Gasteiger partial charge in [0.25, 0.3) is 5.91 Å². The number of carbonyl (C=O) groups excluding carboxylic acids is 1. The minimum absolute atomic E-state index is 0.296. The molecule has 9 heteroatoms. The monoisotopic (exact) mass is 433 g/mol. The predicted octanol–water partition coefficient (Wildman–Crippen LogP) is 4.14. The molecule has 4 rings (SSSR count). The second-order valence-electron chi connectivity index (χ2n) is 6.58. The maximum atomic E-state index is 12.7. The molecule has 1 aromatic carbocycles. The summed E-state index contributed by atoms with van der Waals surface area (Å²) in [5.74, 6) is 0.661. The van der Waals surface area contributed by atoms with Crippen molar-refractivity contribution in [3.05, 3.63) is 77.9 Å². The highest BCUT2D eigenvalue weighted by Crippen LogP contribution is 2.30. The number of carbonyl (C=O) groups is 1. The van der Waals surface area contributed by atoms with Gasteiger partial charge in [0, 0.05) is 29.7 Å². The molecule has 3 heterocycles. The van der Waals surface area contributed by atoms with E-state index in [1.165, 1.54) is 18.4 Å². The normalized spacial score (nSPS) is 10.5. The summed E-state index contributed by atoms with van der Waals surface area (Å²) in [7, 11) is 1.53. The van der Waals surface area contributed by atoms with Crippen molar-refractivity contribution in [2.24, 2.45) is 0 Å². The third kappa shape index (κ3) is 5.01. The standard InChI is InChI=1S/C22H19N5O3S/c1-14-3-5-17(24-12-14)13-30-18-6-4-16(11-19(18)29-2)20(28)25-22-27-26-21(31-22)15-7-9-23-10-8-15/h3-12H,13H2,1-2H3,(H,25,27,28). The molecular weight excluding hydrogens is 414 g/mol. The van der Waals surface area contributed by atoms with Gasteiger partial charge in [-0.25, -0.2) is 0 Å². The average molecular weight is 433 g/mol. The Labute approximate surface area is 182 Å². The number of hydrogen-bond acceptors (Lipinski definition) is 8. The van der Waals surface area contributed by atoms with Crippen LogP contribution in [-0.4, -0.2) is 33.2 Å². The van der Waals surface area contributed by atoms with Crippen LogP contribution in [0.25, 0.3) is 10.6 Å². The van der Waals surface area contributed by atoms with E-state index in [4.69, 9.17) is 9.47 Å². The number of aryl methyl sites for hydroxylation is 1. The van der Waals surface area contributed by atoms with Crippen molar-refractivity contribution in [3.8, 4) is 22.1 Å². The smallest absolute Gasteiger partial charge is 0.257 e. The Morgan fingerprint density at radius 2 is 1.90 bits per heavy atom. The van der Waals surface area contributed by atoms with E-state index in [1.807, 2.05) is 31.2 Å². The fourth-order valence-corrected chi connectivity index (χ4v) is 3.46. The molecule has 0 radical (unpaired) electrons. The van der Waals surface area contributed by atoms with Crippen LogP contribution in [-0.2, 0) is 6.61 Å². The van der Waals surface area contributed by atoms with Gasteiger partial charge in [-0.1, -0.05) is 17.4 Å². The van der Waals surface area contributed by atoms with E-state index in [0.29, 0.717) is 33.8 Å². The summed E-state index contributed by atoms with van der Waals surface area (Å²) in [4.78, 5) is 21.0. The van der Waals surface area contributed by atoms with Crippen molar-refractivity contribution in [3.63, 3.8) is 0 Å². The number of nitrogens with zero attached hydrogens (tertiary/aromatic N) is 4. The summed E-state index contributed by atoms with van der Waals surface area (Å²) >= 11 is 1.28. The molecule has 3 aromatic heterocycles. The highest BCUT2D eigenvalue weighted by molar-refractivity contribution is 7.18. The summed E-state index contributed by atoms with van der Waals surface area (Å²) in [5, 5.41) is 12.0. The van der Waals surface area contributed by atoms with Crippen LogP contribution in [0.5, 0.6) is 11.5 Å². The Morgan fingerprint density at radius 1 is 1.06 bits per heavy atom. The SMILES string of the molecule is COc1cc(C(=O)Nc2nnc(-c3ccncc3)s2)ccc1OCc1ccc(C)cn1. The third-order valence-electron chi connectivity index (χ3n) is 4.35. The minimum Gasteiger partial charge on any atom is -0.493 e. The molecule has 0 aliphatic rings. The second-order valence-corrected chi connectivity index (χ2v) is 7.56. The second kappa shape index (κ2) is 9.31. The van der Waals surface area contributed by atoms with Crippen LogP contribution in [0.4, 0.5) is 5.13 Å². The minimum atomic E-state index is -0.317. The first-order valence-electron chi connectivity index (χ1n) is 9.40. The molecule has 31 heavy (non-hydrogen) atoms. The van der Waals surface area contributed by atoms with Gasteiger partial charge in [0.1, 0.15) is 11.6 Å². The van der Waals surface area contributed by atoms with Gasteiger partial charge >= 0.3 is 0 Å². The van der Waals surface area contributed by atoms with Crippen LogP contribution in [0.15, 0.2) is 61.1 Å². The van der Waals surface area contributed by atoms with Crippen LogP contribution < -0.4 is 14.8 Å². The lowest BCUT2D eigenvalue weighted by molar-refractivity contribution is 0.102. The van der Waals surface area contributed by atoms with Crippen molar-refractivity contribution >= 4 is 22.4 Å². The van der Waals surface area contributed by atoms with Crippen LogP contribution in [0, 0.1) is 6.92 Å². The van der Waals surface area contributed by atoms with Gasteiger partial charge in [-0.15, -0.1) is 10.2 Å². The average Bonchev–Trinajstić information content (AvgIpc) is 3.27. The summed E-state index contributed by atoms with van der Waals surface area (Å²) in [5.41, 5.74) is 3.19. The molecule has 0 spiro atoms. The van der Waals surface area contributed by atoms with Crippen molar-refractivity contribution in [1.29, 1.82) is 0 Å². The van der Waals surface area contributed by atoms with Crippen molar-refractivity contribution in [2.45, 2.75) is 13.5 Å². The van der Waals surface area contributed by atoms with E-state index in [9.17, 15) is 4.79 Å². The Balaban J connectivity index is 1.44. The molecule has 1 N–H and O–H groups in total. The first-order valence-corrected chi connectivity index (χ1v) is 10.2. The third-order valence-corrected chi connectivity index (χ3v) is 5.23. The number of benzene rings is 1. The number of pyridine rings is 2. The molecule has 0 aliphatic heterocycles. The van der Waals surface area contributed by atoms with E-state index in [-0.39, 0.29) is 5.91 Å². The Morgan fingerprint density at radius 3 is 2.65 bits per heavy atom. The van der Waals surface area contributed by atoms with Crippen molar-refractivity contribution in [2.75, 3.05) is 12.4 Å². The molecule has 0 bridgehead atoms. The quantitative estimate of drug-likeness (QED) is 0.467. The largest absolute Gasteiger partial charge is 0.493 e. The maximum Gasteiger partial charge on any atom is 0.257 e. The summed E-state index contributed by atoms with van der Waals surface area (Å²) in [6.45, 7) is 2.27. The number of nitrogens with one attached hydrogen (secondary N) is 1. The van der Waals surface area contributed by atoms with Crippen molar-refractivity contribution in [1.82, 2.24) is 20.2 Å². The molecule has 0 unspecified atom stereocenters. The maximum absolute atomic E-state index is 12.7. The molecule has 4 aromatic rings. The fraction of sp³-hybridized carbons (Fsp3) is 0.136. The highest BCUT2D eigenvalue weighted by atomic mass is 32.1. The highest BCUT2D eigenvalue weighted by Gasteiger charge is 2.14. The van der Waals surface area contributed by atoms with E-state index in [2.05, 4.69) is 25.5 Å². The van der Waals surface area contributed by atoms with Gasteiger partial charge < -0.3 is 9.47 Å². The van der Waals surface area contributed by atoms with Crippen LogP contribution in [0.2, 0.25) is 0 Å². The number of hydrogen-bond donors (Lipinski definition) is 1. The summed E-state index contributed by atoms with van der Waals surface area (Å²) in [6.07, 6.45) is 5.15. The van der Waals surface area contributed by atoms with E-state index in [0.717, 1.165) is 16.8 Å². The molecule has 8 nitrogen and oxygen atoms in total. The zero-order valence-corrected chi connectivity index (χ0v) is 17.7. The van der Waals surface area contributed by atoms with Gasteiger partial charge in [0.05, 0.1) is 12.8 Å². The van der Waals surface area contributed by atoms with Gasteiger partial charge in [0.2, 0.25) is 5.13 Å². The number of aromatic nitrogens is 4. The van der Waals surface area contributed by atoms with Crippen LogP contribution in [0.3, 0.4) is 0 Å². The molecule has 0 fully saturated rings. The van der Waals surface area contributed by atoms with Gasteiger partial charge in [-0.3, -0.25) is 20.1 Å². The Hall–Kier alpha value is -3.85. The molecule has 1 amide bonds. The van der Waals surface area contributed by atoms with Crippen LogP contribution in [0.1, 0.15) is 21.6 Å². The molecule has 0 aliphatic carbocycles. The fourth-order valence-electron chi connectivity index (χ4n) is 2.72. The molecule has 0 saturated carbocycles. The number of methoxy groups -OCH3 is 1. The number of amides is 1. The molecule has 0 atom stereocenters. The Bertz CT molecular complexity index is 1180. The van der Waals surface area contributed by atoms with E-state index >= 15 is 0 Å².